The zero-order valence-corrected chi connectivity index (χ0v) is 9.65. The number of aromatic nitrogens is 2. The van der Waals surface area contributed by atoms with Crippen LogP contribution in [0.25, 0.3) is 0 Å². The second kappa shape index (κ2) is 5.50. The van der Waals surface area contributed by atoms with Crippen molar-refractivity contribution in [1.29, 1.82) is 0 Å². The van der Waals surface area contributed by atoms with E-state index in [0.717, 1.165) is 0 Å². The average molecular weight is 246 g/mol. The van der Waals surface area contributed by atoms with Gasteiger partial charge < -0.3 is 15.2 Å². The van der Waals surface area contributed by atoms with Crippen molar-refractivity contribution in [1.82, 2.24) is 9.97 Å². The van der Waals surface area contributed by atoms with Crippen molar-refractivity contribution >= 4 is 23.4 Å². The molecule has 0 radical (unpaired) electrons. The summed E-state index contributed by atoms with van der Waals surface area (Å²) in [7, 11) is 1.44. The van der Waals surface area contributed by atoms with Gasteiger partial charge in [0.2, 0.25) is 0 Å². The first-order valence-corrected chi connectivity index (χ1v) is 4.95. The van der Waals surface area contributed by atoms with E-state index in [1.807, 2.05) is 0 Å². The molecule has 0 aliphatic heterocycles. The maximum absolute atomic E-state index is 10.6. The summed E-state index contributed by atoms with van der Waals surface area (Å²) >= 11 is 5.83. The van der Waals surface area contributed by atoms with Crippen molar-refractivity contribution in [3.8, 4) is 6.01 Å². The lowest BCUT2D eigenvalue weighted by molar-refractivity contribution is -0.140. The Morgan fingerprint density at radius 3 is 3.00 bits per heavy atom. The van der Waals surface area contributed by atoms with Gasteiger partial charge in [-0.05, 0) is 0 Å². The predicted octanol–water partition coefficient (Wildman–Crippen LogP) is 1.27. The number of carbonyl (C=O) groups is 1. The van der Waals surface area contributed by atoms with Gasteiger partial charge in [-0.25, -0.2) is 4.98 Å². The first-order chi connectivity index (χ1) is 7.54. The summed E-state index contributed by atoms with van der Waals surface area (Å²) in [6.45, 7) is 1.82. The Balaban J connectivity index is 2.69. The molecule has 0 saturated carbocycles. The van der Waals surface area contributed by atoms with Gasteiger partial charge in [-0.3, -0.25) is 4.79 Å². The van der Waals surface area contributed by atoms with Gasteiger partial charge in [-0.2, -0.15) is 4.98 Å². The fraction of sp³-hybridized carbons (Fsp3) is 0.444. The minimum absolute atomic E-state index is 0.176. The largest absolute Gasteiger partial charge is 0.481 e. The predicted molar refractivity (Wildman–Crippen MR) is 58.9 cm³/mol. The molecule has 1 unspecified atom stereocenters. The minimum Gasteiger partial charge on any atom is -0.481 e. The molecule has 0 aliphatic rings. The topological polar surface area (TPSA) is 84.3 Å². The van der Waals surface area contributed by atoms with E-state index < -0.39 is 11.9 Å². The summed E-state index contributed by atoms with van der Waals surface area (Å²) in [6, 6.07) is 0.176. The second-order valence-electron chi connectivity index (χ2n) is 3.17. The van der Waals surface area contributed by atoms with Crippen LogP contribution in [0.1, 0.15) is 6.92 Å². The number of nitrogens with zero attached hydrogens (tertiary/aromatic N) is 2. The molecule has 0 amide bonds. The monoisotopic (exact) mass is 245 g/mol. The highest BCUT2D eigenvalue weighted by molar-refractivity contribution is 6.32. The van der Waals surface area contributed by atoms with Crippen molar-refractivity contribution in [2.45, 2.75) is 6.92 Å². The van der Waals surface area contributed by atoms with Gasteiger partial charge in [-0.1, -0.05) is 18.5 Å². The van der Waals surface area contributed by atoms with E-state index in [1.165, 1.54) is 13.3 Å². The summed E-state index contributed by atoms with van der Waals surface area (Å²) in [5.41, 5.74) is 0. The number of methoxy groups -OCH3 is 1. The van der Waals surface area contributed by atoms with Crippen molar-refractivity contribution in [3.63, 3.8) is 0 Å². The lowest BCUT2D eigenvalue weighted by atomic mass is 10.2. The van der Waals surface area contributed by atoms with Crippen molar-refractivity contribution in [3.05, 3.63) is 11.2 Å². The van der Waals surface area contributed by atoms with Gasteiger partial charge in [-0.15, -0.1) is 0 Å². The molecule has 1 aromatic rings. The van der Waals surface area contributed by atoms with E-state index >= 15 is 0 Å². The maximum atomic E-state index is 10.6. The van der Waals surface area contributed by atoms with Crippen LogP contribution in [-0.2, 0) is 4.79 Å². The summed E-state index contributed by atoms with van der Waals surface area (Å²) in [5, 5.41) is 11.8. The van der Waals surface area contributed by atoms with Crippen LogP contribution in [0.5, 0.6) is 6.01 Å². The first kappa shape index (κ1) is 12.5. The Bertz CT molecular complexity index is 386. The molecule has 0 aliphatic carbocycles. The van der Waals surface area contributed by atoms with E-state index in [9.17, 15) is 4.79 Å². The molecule has 1 atom stereocenters. The summed E-state index contributed by atoms with van der Waals surface area (Å²) in [4.78, 5) is 18.3. The van der Waals surface area contributed by atoms with E-state index in [-0.39, 0.29) is 12.6 Å². The molecular weight excluding hydrogens is 234 g/mol. The van der Waals surface area contributed by atoms with Gasteiger partial charge in [0.15, 0.2) is 5.82 Å². The van der Waals surface area contributed by atoms with Crippen LogP contribution in [0.4, 0.5) is 5.82 Å². The lowest BCUT2D eigenvalue weighted by Crippen LogP contribution is -2.20. The maximum Gasteiger partial charge on any atom is 0.318 e. The number of halogens is 1. The highest BCUT2D eigenvalue weighted by Crippen LogP contribution is 2.20. The van der Waals surface area contributed by atoms with Gasteiger partial charge in [0.05, 0.1) is 19.2 Å². The quantitative estimate of drug-likeness (QED) is 0.813. The Kier molecular flexibility index (Phi) is 4.30. The fourth-order valence-corrected chi connectivity index (χ4v) is 1.07. The molecule has 88 valence electrons. The van der Waals surface area contributed by atoms with E-state index in [4.69, 9.17) is 21.4 Å². The van der Waals surface area contributed by atoms with Crippen LogP contribution in [0.3, 0.4) is 0 Å². The molecule has 1 rings (SSSR count). The molecule has 2 N–H and O–H groups in total. The van der Waals surface area contributed by atoms with Gasteiger partial charge >= 0.3 is 12.0 Å². The van der Waals surface area contributed by atoms with E-state index in [2.05, 4.69) is 15.3 Å². The van der Waals surface area contributed by atoms with Gasteiger partial charge in [0, 0.05) is 6.54 Å². The molecule has 16 heavy (non-hydrogen) atoms. The van der Waals surface area contributed by atoms with Crippen LogP contribution < -0.4 is 10.1 Å². The van der Waals surface area contributed by atoms with Gasteiger partial charge in [0.1, 0.15) is 5.02 Å². The van der Waals surface area contributed by atoms with Crippen molar-refractivity contribution in [2.75, 3.05) is 19.0 Å². The molecular formula is C9H12ClN3O3. The highest BCUT2D eigenvalue weighted by Gasteiger charge is 2.12. The molecule has 1 aromatic heterocycles. The molecule has 0 bridgehead atoms. The Hall–Kier alpha value is -1.56. The zero-order chi connectivity index (χ0) is 12.1. The van der Waals surface area contributed by atoms with Crippen molar-refractivity contribution < 1.29 is 14.6 Å². The Labute approximate surface area is 97.6 Å². The van der Waals surface area contributed by atoms with Crippen LogP contribution in [0.15, 0.2) is 6.20 Å². The van der Waals surface area contributed by atoms with Crippen LogP contribution in [0.2, 0.25) is 5.02 Å². The zero-order valence-electron chi connectivity index (χ0n) is 8.90. The molecule has 0 aromatic carbocycles. The average Bonchev–Trinajstić information content (AvgIpc) is 2.27. The first-order valence-electron chi connectivity index (χ1n) is 4.57. The summed E-state index contributed by atoms with van der Waals surface area (Å²) in [6.07, 6.45) is 1.39. The molecule has 1 heterocycles. The van der Waals surface area contributed by atoms with Crippen LogP contribution in [0, 0.1) is 5.92 Å². The normalized spacial score (nSPS) is 11.9. The van der Waals surface area contributed by atoms with Crippen molar-refractivity contribution in [2.24, 2.45) is 5.92 Å². The number of rotatable bonds is 5. The van der Waals surface area contributed by atoms with Gasteiger partial charge in [0.25, 0.3) is 0 Å². The third kappa shape index (κ3) is 3.23. The SMILES string of the molecule is COc1ncc(Cl)c(NCC(C)C(=O)O)n1. The number of nitrogens with one attached hydrogen (secondary N) is 1. The van der Waals surface area contributed by atoms with E-state index in [1.54, 1.807) is 6.92 Å². The van der Waals surface area contributed by atoms with Crippen LogP contribution in [-0.4, -0.2) is 34.7 Å². The minimum atomic E-state index is -0.885. The molecule has 0 spiro atoms. The summed E-state index contributed by atoms with van der Waals surface area (Å²) < 4.78 is 4.83. The molecule has 0 saturated heterocycles. The lowest BCUT2D eigenvalue weighted by Gasteiger charge is -2.10. The molecule has 6 nitrogen and oxygen atoms in total. The third-order valence-electron chi connectivity index (χ3n) is 1.90. The number of hydrogen-bond donors (Lipinski definition) is 2. The Morgan fingerprint density at radius 2 is 2.44 bits per heavy atom. The number of carboxylic acids is 1. The number of carboxylic acid groups (broad SMARTS) is 1. The number of ether oxygens (including phenoxy) is 1. The second-order valence-corrected chi connectivity index (χ2v) is 3.58. The highest BCUT2D eigenvalue weighted by atomic mass is 35.5. The number of hydrogen-bond acceptors (Lipinski definition) is 5. The summed E-state index contributed by atoms with van der Waals surface area (Å²) in [5.74, 6) is -1.05. The van der Waals surface area contributed by atoms with E-state index in [0.29, 0.717) is 10.8 Å². The number of aliphatic carboxylic acids is 1. The molecule has 7 heteroatoms. The smallest absolute Gasteiger partial charge is 0.318 e. The fourth-order valence-electron chi connectivity index (χ4n) is 0.910. The molecule has 0 fully saturated rings. The third-order valence-corrected chi connectivity index (χ3v) is 2.18. The standard InChI is InChI=1S/C9H12ClN3O3/c1-5(8(14)15)3-11-7-6(10)4-12-9(13-7)16-2/h4-5H,3H2,1-2H3,(H,14,15)(H,11,12,13). The van der Waals surface area contributed by atoms with Crippen LogP contribution >= 0.6 is 11.6 Å². The number of anilines is 1. The Morgan fingerprint density at radius 1 is 1.75 bits per heavy atom.